The summed E-state index contributed by atoms with van der Waals surface area (Å²) in [6, 6.07) is 0. The van der Waals surface area contributed by atoms with Gasteiger partial charge in [0, 0.05) is 0 Å². The van der Waals surface area contributed by atoms with Gasteiger partial charge in [0.15, 0.2) is 0 Å². The van der Waals surface area contributed by atoms with Gasteiger partial charge in [0.25, 0.3) is 5.59 Å². The molecular weight excluding hydrogens is 72.1 g/mol. The van der Waals surface area contributed by atoms with Crippen LogP contribution in [0.2, 0.25) is 0 Å². The molecule has 0 amide bonds. The molecule has 24 valence electrons. The van der Waals surface area contributed by atoms with Gasteiger partial charge in [-0.15, -0.1) is 0 Å². The number of hydrogen-bond acceptors (Lipinski definition) is 1. The fraction of sp³-hybridized carbons (Fsp3) is 0. The average Bonchev–Trinajstić information content (AvgIpc) is 0.811. The monoisotopic (exact) mass is 76.0 g/mol. The fourth-order valence-corrected chi connectivity index (χ4v) is 0. The van der Waals surface area contributed by atoms with Crippen molar-refractivity contribution in [3.8, 4) is 0 Å². The third kappa shape index (κ3) is 8.12. The number of carbonyl (C=O) groups is 1. The summed E-state index contributed by atoms with van der Waals surface area (Å²) in [5.41, 5.74) is -0.694. The molecule has 0 atom stereocenters. The Bertz CT molecular complexity index is 29.0. The van der Waals surface area contributed by atoms with E-state index in [1.165, 1.54) is 0 Å². The zero-order valence-corrected chi connectivity index (χ0v) is 4.36. The van der Waals surface area contributed by atoms with Gasteiger partial charge in [-0.1, -0.05) is 0 Å². The summed E-state index contributed by atoms with van der Waals surface area (Å²) < 4.78 is 0. The van der Waals surface area contributed by atoms with Crippen molar-refractivity contribution >= 4 is 15.8 Å². The highest BCUT2D eigenvalue weighted by Crippen LogP contribution is 1.41. The Kier molecular flexibility index (Phi) is 0.976. The van der Waals surface area contributed by atoms with Crippen LogP contribution in [0, 0.1) is 0 Å². The van der Waals surface area contributed by atoms with Gasteiger partial charge in [-0.2, -0.15) is 0 Å². The van der Waals surface area contributed by atoms with Crippen molar-refractivity contribution in [3.63, 3.8) is 0 Å². The summed E-state index contributed by atoms with van der Waals surface area (Å²) in [7, 11) is 0.265. The van der Waals surface area contributed by atoms with E-state index >= 15 is 0 Å². The molecule has 4 heavy (non-hydrogen) atoms. The van der Waals surface area contributed by atoms with E-state index in [1.807, 2.05) is 0 Å². The Labute approximate surface area is 26.9 Å². The van der Waals surface area contributed by atoms with E-state index in [0.717, 1.165) is 0 Å². The molecule has 0 aliphatic carbocycles. The van der Waals surface area contributed by atoms with Crippen LogP contribution in [0.3, 0.4) is 0 Å². The predicted molar refractivity (Wildman–Crippen MR) is 18.0 cm³/mol. The highest BCUT2D eigenvalue weighted by Gasteiger charge is 1.65. The highest BCUT2D eigenvalue weighted by molar-refractivity contribution is 6.54. The third-order valence-corrected chi connectivity index (χ3v) is 0. The molecule has 2 nitrogen and oxygen atoms in total. The van der Waals surface area contributed by atoms with E-state index in [2.05, 4.69) is 0 Å². The predicted octanol–water partition coefficient (Wildman–Crippen LogP) is -0.970. The van der Waals surface area contributed by atoms with Crippen LogP contribution in [0.25, 0.3) is 0 Å². The van der Waals surface area contributed by atoms with Crippen LogP contribution in [0.5, 0.6) is 0 Å². The molecule has 0 aliphatic rings. The maximum Gasteiger partial charge on any atom is 0.257 e. The molecule has 0 rings (SSSR count). The van der Waals surface area contributed by atoms with Crippen LogP contribution in [-0.2, 0) is 0 Å². The normalized spacial score (nSPS) is 7.00. The van der Waals surface area contributed by atoms with Crippen molar-refractivity contribution < 1.29 is 9.90 Å². The lowest BCUT2D eigenvalue weighted by Gasteiger charge is -1.59. The van der Waals surface area contributed by atoms with Gasteiger partial charge in [-0.3, -0.25) is 4.79 Å². The minimum Gasteiger partial charge on any atom is -0.486 e. The van der Waals surface area contributed by atoms with Crippen LogP contribution in [0.1, 0.15) is 0 Å². The second kappa shape index (κ2) is 1.06. The molecule has 0 spiro atoms. The van der Waals surface area contributed by atoms with Crippen LogP contribution >= 0.6 is 0 Å². The van der Waals surface area contributed by atoms with E-state index in [1.54, 1.807) is 0 Å². The molecule has 0 fully saturated rings. The van der Waals surface area contributed by atoms with Crippen molar-refractivity contribution in [1.29, 1.82) is 0 Å². The molecule has 0 unspecified atom stereocenters. The lowest BCUT2D eigenvalue weighted by molar-refractivity contribution is 0.220. The summed E-state index contributed by atoms with van der Waals surface area (Å²) in [4.78, 5) is 9.06. The molecular formula is CH4O2Si. The summed E-state index contributed by atoms with van der Waals surface area (Å²) in [6.45, 7) is 0. The molecule has 3 heteroatoms. The molecule has 0 aliphatic heterocycles. The van der Waals surface area contributed by atoms with Crippen molar-refractivity contribution in [2.45, 2.75) is 0 Å². The maximum absolute atomic E-state index is 9.06. The molecule has 0 bridgehead atoms. The fourth-order valence-electron chi connectivity index (χ4n) is 0. The van der Waals surface area contributed by atoms with Crippen molar-refractivity contribution in [1.82, 2.24) is 0 Å². The number of hydrogen-bond donors (Lipinski definition) is 1. The van der Waals surface area contributed by atoms with Crippen LogP contribution in [0.15, 0.2) is 0 Å². The van der Waals surface area contributed by atoms with Crippen LogP contribution in [-0.4, -0.2) is 20.9 Å². The van der Waals surface area contributed by atoms with Crippen molar-refractivity contribution in [2.24, 2.45) is 0 Å². The van der Waals surface area contributed by atoms with Gasteiger partial charge >= 0.3 is 0 Å². The lowest BCUT2D eigenvalue weighted by atomic mass is 11.6. The SMILES string of the molecule is O=C(O)[SiH3]. The highest BCUT2D eigenvalue weighted by atomic mass is 28.1. The van der Waals surface area contributed by atoms with E-state index in [-0.39, 0.29) is 10.2 Å². The second-order valence-electron chi connectivity index (χ2n) is 0.519. The largest absolute Gasteiger partial charge is 0.486 e. The molecule has 0 saturated carbocycles. The molecule has 0 heterocycles. The Morgan fingerprint density at radius 1 is 2.00 bits per heavy atom. The minimum absolute atomic E-state index is 0.265. The van der Waals surface area contributed by atoms with Gasteiger partial charge in [0.05, 0.1) is 0 Å². The Balaban J connectivity index is 2.80. The minimum atomic E-state index is -0.694. The van der Waals surface area contributed by atoms with Gasteiger partial charge in [0.1, 0.15) is 10.2 Å². The first-order valence-electron chi connectivity index (χ1n) is 0.928. The Morgan fingerprint density at radius 2 is 2.00 bits per heavy atom. The quantitative estimate of drug-likeness (QED) is 0.377. The summed E-state index contributed by atoms with van der Waals surface area (Å²) in [5, 5.41) is 7.48. The van der Waals surface area contributed by atoms with E-state index in [0.29, 0.717) is 0 Å². The first-order valence-corrected chi connectivity index (χ1v) is 1.93. The number of rotatable bonds is 0. The smallest absolute Gasteiger partial charge is 0.257 e. The third-order valence-electron chi connectivity index (χ3n) is 0. The topological polar surface area (TPSA) is 37.3 Å². The van der Waals surface area contributed by atoms with Gasteiger partial charge in [-0.25, -0.2) is 0 Å². The number of carboxylic acid groups (broad SMARTS) is 1. The molecule has 1 N–H and O–H groups in total. The first kappa shape index (κ1) is 3.69. The van der Waals surface area contributed by atoms with Crippen LogP contribution in [0.4, 0.5) is 4.79 Å². The Morgan fingerprint density at radius 3 is 2.00 bits per heavy atom. The summed E-state index contributed by atoms with van der Waals surface area (Å²) in [6.07, 6.45) is 0. The first-order chi connectivity index (χ1) is 1.73. The molecule has 0 saturated heterocycles. The van der Waals surface area contributed by atoms with E-state index in [4.69, 9.17) is 9.90 Å². The molecule has 0 radical (unpaired) electrons. The molecule has 0 aromatic heterocycles. The van der Waals surface area contributed by atoms with Gasteiger partial charge in [0.2, 0.25) is 0 Å². The zero-order chi connectivity index (χ0) is 3.58. The summed E-state index contributed by atoms with van der Waals surface area (Å²) in [5.74, 6) is 0. The Hall–Kier alpha value is -0.313. The van der Waals surface area contributed by atoms with Crippen LogP contribution < -0.4 is 0 Å². The van der Waals surface area contributed by atoms with E-state index < -0.39 is 5.59 Å². The average molecular weight is 76.1 g/mol. The molecule has 0 aromatic carbocycles. The standard InChI is InChI=1S/CH4O2Si/c2-1(3)4/h4H3,(H,2,3). The zero-order valence-electron chi connectivity index (χ0n) is 2.36. The molecule has 0 aromatic rings. The van der Waals surface area contributed by atoms with E-state index in [9.17, 15) is 0 Å². The maximum atomic E-state index is 9.06. The van der Waals surface area contributed by atoms with Gasteiger partial charge < -0.3 is 5.11 Å². The van der Waals surface area contributed by atoms with Crippen molar-refractivity contribution in [2.75, 3.05) is 0 Å². The van der Waals surface area contributed by atoms with Crippen molar-refractivity contribution in [3.05, 3.63) is 0 Å². The second-order valence-corrected chi connectivity index (χ2v) is 1.37. The van der Waals surface area contributed by atoms with Gasteiger partial charge in [-0.05, 0) is 0 Å². The summed E-state index contributed by atoms with van der Waals surface area (Å²) >= 11 is 0. The lowest BCUT2D eigenvalue weighted by Crippen LogP contribution is -1.83.